The lowest BCUT2D eigenvalue weighted by molar-refractivity contribution is -0.181. The lowest BCUT2D eigenvalue weighted by atomic mass is 9.98. The summed E-state index contributed by atoms with van der Waals surface area (Å²) in [7, 11) is -2.45. The summed E-state index contributed by atoms with van der Waals surface area (Å²) < 4.78 is 28.9. The Hall–Kier alpha value is -3.73. The van der Waals surface area contributed by atoms with E-state index in [9.17, 15) is 23.1 Å². The summed E-state index contributed by atoms with van der Waals surface area (Å²) in [5.41, 5.74) is 1.65. The number of nitrogens with zero attached hydrogens (tertiary/aromatic N) is 4. The Labute approximate surface area is 216 Å². The summed E-state index contributed by atoms with van der Waals surface area (Å²) in [5, 5.41) is 11.1. The maximum atomic E-state index is 13.8. The Kier molecular flexibility index (Phi) is 6.72. The number of rotatable bonds is 6. The largest absolute Gasteiger partial charge is 0.508 e. The first kappa shape index (κ1) is 24.9. The highest BCUT2D eigenvalue weighted by Crippen LogP contribution is 2.32. The molecule has 10 heteroatoms. The van der Waals surface area contributed by atoms with Gasteiger partial charge in [-0.3, -0.25) is 9.59 Å². The van der Waals surface area contributed by atoms with Gasteiger partial charge in [0.15, 0.2) is 0 Å². The van der Waals surface area contributed by atoms with Crippen molar-refractivity contribution in [3.63, 3.8) is 0 Å². The number of hydrazine groups is 1. The molecule has 0 aromatic heterocycles. The summed E-state index contributed by atoms with van der Waals surface area (Å²) in [6.45, 7) is 0.135. The highest BCUT2D eigenvalue weighted by molar-refractivity contribution is 7.89. The number of carbonyl (C=O) groups is 2. The summed E-state index contributed by atoms with van der Waals surface area (Å²) >= 11 is 0. The molecule has 2 aliphatic heterocycles. The third-order valence-corrected chi connectivity index (χ3v) is 8.63. The van der Waals surface area contributed by atoms with E-state index in [1.807, 2.05) is 30.3 Å². The first-order valence-corrected chi connectivity index (χ1v) is 13.4. The summed E-state index contributed by atoms with van der Waals surface area (Å²) in [5.74, 6) is -0.468. The number of phenols is 1. The van der Waals surface area contributed by atoms with Gasteiger partial charge in [0, 0.05) is 20.0 Å². The molecule has 1 N–H and O–H groups in total. The van der Waals surface area contributed by atoms with Crippen molar-refractivity contribution >= 4 is 21.8 Å². The first-order chi connectivity index (χ1) is 17.8. The number of carbonyl (C=O) groups excluding carboxylic acids is 2. The predicted octanol–water partition coefficient (Wildman–Crippen LogP) is 2.05. The fourth-order valence-corrected chi connectivity index (χ4v) is 6.67. The van der Waals surface area contributed by atoms with Crippen molar-refractivity contribution in [2.24, 2.45) is 0 Å². The van der Waals surface area contributed by atoms with Gasteiger partial charge in [-0.1, -0.05) is 60.7 Å². The van der Waals surface area contributed by atoms with Crippen LogP contribution in [0.15, 0.2) is 89.8 Å². The topological polar surface area (TPSA) is 101 Å². The highest BCUT2D eigenvalue weighted by atomic mass is 32.2. The third-order valence-electron chi connectivity index (χ3n) is 6.75. The Morgan fingerprint density at radius 2 is 1.49 bits per heavy atom. The van der Waals surface area contributed by atoms with Gasteiger partial charge >= 0.3 is 0 Å². The van der Waals surface area contributed by atoms with Crippen LogP contribution in [0.5, 0.6) is 5.75 Å². The quantitative estimate of drug-likeness (QED) is 0.534. The second-order valence-corrected chi connectivity index (χ2v) is 11.1. The number of phenolic OH excluding ortho intramolecular Hbond substituents is 1. The molecule has 5 rings (SSSR count). The van der Waals surface area contributed by atoms with Crippen molar-refractivity contribution in [1.82, 2.24) is 19.2 Å². The molecule has 0 bridgehead atoms. The molecule has 0 aliphatic carbocycles. The maximum Gasteiger partial charge on any atom is 0.258 e. The molecule has 2 heterocycles. The van der Waals surface area contributed by atoms with Crippen LogP contribution in [-0.2, 0) is 32.6 Å². The molecule has 37 heavy (non-hydrogen) atoms. The SMILES string of the molecule is CN1CC(=O)N2[C@@H](Cc3ccc(O)cc3)C(=O)N(Cc3ccccc3)C[C@@H]2N1S(=O)(=O)c1ccccc1. The smallest absolute Gasteiger partial charge is 0.258 e. The van der Waals surface area contributed by atoms with E-state index in [4.69, 9.17) is 0 Å². The predicted molar refractivity (Wildman–Crippen MR) is 136 cm³/mol. The van der Waals surface area contributed by atoms with Gasteiger partial charge in [-0.05, 0) is 35.4 Å². The van der Waals surface area contributed by atoms with E-state index < -0.39 is 22.2 Å². The van der Waals surface area contributed by atoms with Crippen molar-refractivity contribution in [1.29, 1.82) is 0 Å². The van der Waals surface area contributed by atoms with Crippen molar-refractivity contribution in [2.75, 3.05) is 20.1 Å². The zero-order chi connectivity index (χ0) is 26.2. The lowest BCUT2D eigenvalue weighted by Gasteiger charge is -2.54. The lowest BCUT2D eigenvalue weighted by Crippen LogP contribution is -2.75. The minimum atomic E-state index is -4.03. The fraction of sp³-hybridized carbons (Fsp3) is 0.259. The number of amides is 2. The van der Waals surface area contributed by atoms with E-state index in [-0.39, 0.29) is 48.5 Å². The van der Waals surface area contributed by atoms with Crippen molar-refractivity contribution in [3.8, 4) is 5.75 Å². The highest BCUT2D eigenvalue weighted by Gasteiger charge is 2.52. The number of hydrogen-bond acceptors (Lipinski definition) is 6. The molecule has 0 unspecified atom stereocenters. The molecule has 2 fully saturated rings. The van der Waals surface area contributed by atoms with Gasteiger partial charge in [-0.25, -0.2) is 13.4 Å². The summed E-state index contributed by atoms with van der Waals surface area (Å²) in [6.07, 6.45) is -0.727. The second kappa shape index (κ2) is 9.97. The average molecular weight is 521 g/mol. The Morgan fingerprint density at radius 3 is 2.14 bits per heavy atom. The molecule has 0 spiro atoms. The Morgan fingerprint density at radius 1 is 0.865 bits per heavy atom. The molecule has 2 saturated heterocycles. The zero-order valence-corrected chi connectivity index (χ0v) is 21.2. The number of fused-ring (bicyclic) bond motifs is 1. The van der Waals surface area contributed by atoms with Crippen LogP contribution < -0.4 is 0 Å². The molecule has 3 aromatic carbocycles. The monoisotopic (exact) mass is 520 g/mol. The average Bonchev–Trinajstić information content (AvgIpc) is 2.88. The Bertz CT molecular complexity index is 1380. The van der Waals surface area contributed by atoms with Gasteiger partial charge < -0.3 is 14.9 Å². The van der Waals surface area contributed by atoms with E-state index in [0.29, 0.717) is 0 Å². The van der Waals surface area contributed by atoms with Crippen molar-refractivity contribution in [3.05, 3.63) is 96.1 Å². The molecule has 2 atom stereocenters. The first-order valence-electron chi connectivity index (χ1n) is 12.0. The molecule has 0 radical (unpaired) electrons. The van der Waals surface area contributed by atoms with Crippen LogP contribution in [0.1, 0.15) is 11.1 Å². The summed E-state index contributed by atoms with van der Waals surface area (Å²) in [6, 6.07) is 23.1. The number of piperazine rings is 1. The van der Waals surface area contributed by atoms with Crippen LogP contribution >= 0.6 is 0 Å². The molecule has 192 valence electrons. The van der Waals surface area contributed by atoms with Crippen molar-refractivity contribution < 1.29 is 23.1 Å². The molecule has 2 amide bonds. The van der Waals surface area contributed by atoms with E-state index in [0.717, 1.165) is 11.1 Å². The molecular weight excluding hydrogens is 492 g/mol. The van der Waals surface area contributed by atoms with E-state index in [1.165, 1.54) is 38.6 Å². The van der Waals surface area contributed by atoms with Crippen LogP contribution in [0.2, 0.25) is 0 Å². The van der Waals surface area contributed by atoms with Gasteiger partial charge in [-0.2, -0.15) is 0 Å². The van der Waals surface area contributed by atoms with Crippen LogP contribution in [-0.4, -0.2) is 76.9 Å². The Balaban J connectivity index is 1.57. The number of aromatic hydroxyl groups is 1. The van der Waals surface area contributed by atoms with Gasteiger partial charge in [0.1, 0.15) is 18.0 Å². The molecule has 0 saturated carbocycles. The number of likely N-dealkylation sites (N-methyl/N-ethyl adjacent to an activating group) is 1. The van der Waals surface area contributed by atoms with Crippen LogP contribution in [0.3, 0.4) is 0 Å². The number of sulfonamides is 1. The van der Waals surface area contributed by atoms with Gasteiger partial charge in [0.25, 0.3) is 10.0 Å². The van der Waals surface area contributed by atoms with Crippen LogP contribution in [0.4, 0.5) is 0 Å². The standard InChI is InChI=1S/C27H28N4O5S/c1-28-19-26(33)30-24(16-20-12-14-22(32)15-13-20)27(34)29(17-21-8-4-2-5-9-21)18-25(30)31(28)37(35,36)23-10-6-3-7-11-23/h2-15,24-25,32H,16-19H2,1H3/t24-,25-/m0/s1. The molecule has 9 nitrogen and oxygen atoms in total. The molecule has 3 aromatic rings. The zero-order valence-electron chi connectivity index (χ0n) is 20.3. The van der Waals surface area contributed by atoms with Crippen molar-refractivity contribution in [2.45, 2.75) is 30.1 Å². The molecular formula is C27H28N4O5S. The van der Waals surface area contributed by atoms with E-state index >= 15 is 0 Å². The van der Waals surface area contributed by atoms with E-state index in [2.05, 4.69) is 0 Å². The van der Waals surface area contributed by atoms with E-state index in [1.54, 1.807) is 42.3 Å². The summed E-state index contributed by atoms with van der Waals surface area (Å²) in [4.78, 5) is 30.3. The second-order valence-electron chi connectivity index (χ2n) is 9.28. The normalized spacial score (nSPS) is 21.2. The third kappa shape index (κ3) is 4.83. The van der Waals surface area contributed by atoms with Crippen LogP contribution in [0, 0.1) is 0 Å². The van der Waals surface area contributed by atoms with Crippen LogP contribution in [0.25, 0.3) is 0 Å². The fourth-order valence-electron chi connectivity index (χ4n) is 5.03. The van der Waals surface area contributed by atoms with Gasteiger partial charge in [-0.15, -0.1) is 4.41 Å². The number of hydrogen-bond donors (Lipinski definition) is 1. The molecule has 2 aliphatic rings. The minimum Gasteiger partial charge on any atom is -0.508 e. The van der Waals surface area contributed by atoms with Gasteiger partial charge in [0.05, 0.1) is 18.0 Å². The number of benzene rings is 3. The minimum absolute atomic E-state index is 0.0297. The van der Waals surface area contributed by atoms with Gasteiger partial charge in [0.2, 0.25) is 11.8 Å². The maximum absolute atomic E-state index is 13.8.